The average molecular weight is 412 g/mol. The number of carbonyl (C=O) groups excluding carboxylic acids is 2. The quantitative estimate of drug-likeness (QED) is 0.656. The van der Waals surface area contributed by atoms with Crippen molar-refractivity contribution in [3.63, 3.8) is 0 Å². The summed E-state index contributed by atoms with van der Waals surface area (Å²) in [5.41, 5.74) is 1.29. The monoisotopic (exact) mass is 411 g/mol. The van der Waals surface area contributed by atoms with Gasteiger partial charge in [0.1, 0.15) is 0 Å². The van der Waals surface area contributed by atoms with Gasteiger partial charge in [-0.2, -0.15) is 0 Å². The molecule has 3 rings (SSSR count). The molecule has 1 aromatic rings. The highest BCUT2D eigenvalue weighted by Gasteiger charge is 2.16. The number of likely N-dealkylation sites (tertiary alicyclic amines) is 2. The molecule has 1 aromatic carbocycles. The summed E-state index contributed by atoms with van der Waals surface area (Å²) in [6.07, 6.45) is 10.9. The number of hydrogen-bond acceptors (Lipinski definition) is 3. The van der Waals surface area contributed by atoms with Gasteiger partial charge in [-0.15, -0.1) is 6.58 Å². The molecule has 0 aromatic heterocycles. The number of amides is 2. The first-order valence-corrected chi connectivity index (χ1v) is 10.6. The van der Waals surface area contributed by atoms with Crippen LogP contribution in [0.1, 0.15) is 50.1 Å². The van der Waals surface area contributed by atoms with Crippen LogP contribution in [0.15, 0.2) is 68.5 Å². The van der Waals surface area contributed by atoms with Gasteiger partial charge in [0, 0.05) is 25.9 Å². The number of hydrogen-bond donors (Lipinski definition) is 0. The van der Waals surface area contributed by atoms with E-state index in [4.69, 9.17) is 0 Å². The van der Waals surface area contributed by atoms with Gasteiger partial charge in [0.15, 0.2) is 0 Å². The van der Waals surface area contributed by atoms with Crippen molar-refractivity contribution in [1.29, 1.82) is 0 Å². The van der Waals surface area contributed by atoms with Crippen LogP contribution in [0.2, 0.25) is 0 Å². The second-order valence-corrected chi connectivity index (χ2v) is 7.51. The lowest BCUT2D eigenvalue weighted by molar-refractivity contribution is -0.128. The van der Waals surface area contributed by atoms with E-state index in [1.807, 2.05) is 12.1 Å². The Morgan fingerprint density at radius 1 is 0.833 bits per heavy atom. The van der Waals surface area contributed by atoms with Crippen molar-refractivity contribution in [1.82, 2.24) is 14.7 Å². The van der Waals surface area contributed by atoms with Gasteiger partial charge in [-0.1, -0.05) is 56.0 Å². The first-order valence-electron chi connectivity index (χ1n) is 10.6. The third-order valence-corrected chi connectivity index (χ3v) is 5.08. The summed E-state index contributed by atoms with van der Waals surface area (Å²) >= 11 is 0. The van der Waals surface area contributed by atoms with E-state index in [-0.39, 0.29) is 11.8 Å². The first-order chi connectivity index (χ1) is 14.4. The Morgan fingerprint density at radius 3 is 1.80 bits per heavy atom. The molecule has 5 nitrogen and oxygen atoms in total. The van der Waals surface area contributed by atoms with E-state index in [9.17, 15) is 9.59 Å². The van der Waals surface area contributed by atoms with Crippen LogP contribution in [0.3, 0.4) is 0 Å². The molecule has 1 unspecified atom stereocenters. The molecule has 2 saturated heterocycles. The van der Waals surface area contributed by atoms with E-state index in [1.54, 1.807) is 22.2 Å². The molecular weight excluding hydrogens is 374 g/mol. The molecule has 0 N–H and O–H groups in total. The molecule has 164 valence electrons. The minimum atomic E-state index is 0.208. The maximum atomic E-state index is 11.1. The molecule has 1 atom stereocenters. The first kappa shape index (κ1) is 25.4. The van der Waals surface area contributed by atoms with E-state index in [0.717, 1.165) is 32.4 Å². The van der Waals surface area contributed by atoms with Gasteiger partial charge in [-0.25, -0.2) is 0 Å². The minimum Gasteiger partial charge on any atom is -0.320 e. The Kier molecular flexibility index (Phi) is 12.1. The molecule has 2 amide bonds. The minimum absolute atomic E-state index is 0.208. The number of likely N-dealkylation sites (N-methyl/N-ethyl adjacent to an activating group) is 1. The SMILES string of the molecule is C=CC(c1ccccc1)N(C)C.C=CN1CCCC1=O.C=CN1CCCCCC1=O. The molecule has 2 fully saturated rings. The summed E-state index contributed by atoms with van der Waals surface area (Å²) in [6.45, 7) is 12.6. The van der Waals surface area contributed by atoms with Crippen LogP contribution < -0.4 is 0 Å². The smallest absolute Gasteiger partial charge is 0.226 e. The summed E-state index contributed by atoms with van der Waals surface area (Å²) in [6, 6.07) is 10.7. The molecule has 0 aliphatic carbocycles. The van der Waals surface area contributed by atoms with Gasteiger partial charge in [-0.05, 0) is 51.3 Å². The fourth-order valence-electron chi connectivity index (χ4n) is 3.35. The zero-order valence-corrected chi connectivity index (χ0v) is 18.6. The summed E-state index contributed by atoms with van der Waals surface area (Å²) in [5, 5.41) is 0. The van der Waals surface area contributed by atoms with Crippen molar-refractivity contribution < 1.29 is 9.59 Å². The summed E-state index contributed by atoms with van der Waals surface area (Å²) < 4.78 is 0. The Bertz CT molecular complexity index is 685. The summed E-state index contributed by atoms with van der Waals surface area (Å²) in [4.78, 5) is 27.3. The molecule has 0 spiro atoms. The molecule has 2 aliphatic heterocycles. The fourth-order valence-corrected chi connectivity index (χ4v) is 3.35. The van der Waals surface area contributed by atoms with Crippen LogP contribution in [0.4, 0.5) is 0 Å². The molecular formula is C25H37N3O2. The molecule has 30 heavy (non-hydrogen) atoms. The predicted octanol–water partition coefficient (Wildman–Crippen LogP) is 4.76. The van der Waals surface area contributed by atoms with E-state index in [1.165, 1.54) is 12.0 Å². The van der Waals surface area contributed by atoms with Crippen LogP contribution in [-0.2, 0) is 9.59 Å². The molecule has 0 bridgehead atoms. The van der Waals surface area contributed by atoms with Crippen molar-refractivity contribution >= 4 is 11.8 Å². The summed E-state index contributed by atoms with van der Waals surface area (Å²) in [7, 11) is 4.11. The van der Waals surface area contributed by atoms with Gasteiger partial charge < -0.3 is 9.80 Å². The summed E-state index contributed by atoms with van der Waals surface area (Å²) in [5.74, 6) is 0.438. The highest BCUT2D eigenvalue weighted by atomic mass is 16.2. The topological polar surface area (TPSA) is 43.9 Å². The molecule has 5 heteroatoms. The van der Waals surface area contributed by atoms with Crippen molar-refractivity contribution in [2.24, 2.45) is 0 Å². The third kappa shape index (κ3) is 8.78. The van der Waals surface area contributed by atoms with Gasteiger partial charge in [-0.3, -0.25) is 14.5 Å². The number of rotatable bonds is 5. The zero-order valence-electron chi connectivity index (χ0n) is 18.6. The second-order valence-electron chi connectivity index (χ2n) is 7.51. The predicted molar refractivity (Wildman–Crippen MR) is 125 cm³/mol. The highest BCUT2D eigenvalue weighted by molar-refractivity contribution is 5.79. The lowest BCUT2D eigenvalue weighted by atomic mass is 10.1. The van der Waals surface area contributed by atoms with Crippen LogP contribution >= 0.6 is 0 Å². The lowest BCUT2D eigenvalue weighted by Gasteiger charge is -2.20. The van der Waals surface area contributed by atoms with Crippen LogP contribution in [-0.4, -0.2) is 53.7 Å². The van der Waals surface area contributed by atoms with Crippen LogP contribution in [0, 0.1) is 0 Å². The largest absolute Gasteiger partial charge is 0.320 e. The van der Waals surface area contributed by atoms with Crippen molar-refractivity contribution in [3.05, 3.63) is 74.1 Å². The average Bonchev–Trinajstić information content (AvgIpc) is 3.05. The van der Waals surface area contributed by atoms with Crippen LogP contribution in [0.5, 0.6) is 0 Å². The second kappa shape index (κ2) is 14.3. The number of nitrogens with zero attached hydrogens (tertiary/aromatic N) is 3. The third-order valence-electron chi connectivity index (χ3n) is 5.08. The maximum absolute atomic E-state index is 11.1. The van der Waals surface area contributed by atoms with E-state index in [2.05, 4.69) is 63.0 Å². The highest BCUT2D eigenvalue weighted by Crippen LogP contribution is 2.17. The number of carbonyl (C=O) groups is 2. The van der Waals surface area contributed by atoms with Crippen molar-refractivity contribution in [3.8, 4) is 0 Å². The normalized spacial score (nSPS) is 17.2. The van der Waals surface area contributed by atoms with Crippen molar-refractivity contribution in [2.45, 2.75) is 44.6 Å². The Labute approximate surface area is 182 Å². The van der Waals surface area contributed by atoms with E-state index < -0.39 is 0 Å². The van der Waals surface area contributed by atoms with Gasteiger partial charge in [0.2, 0.25) is 11.8 Å². The van der Waals surface area contributed by atoms with Gasteiger partial charge in [0.05, 0.1) is 6.04 Å². The van der Waals surface area contributed by atoms with E-state index in [0.29, 0.717) is 18.9 Å². The number of benzene rings is 1. The lowest BCUT2D eigenvalue weighted by Crippen LogP contribution is -2.23. The van der Waals surface area contributed by atoms with Crippen molar-refractivity contribution in [2.75, 3.05) is 27.2 Å². The molecule has 2 aliphatic rings. The fraction of sp³-hybridized carbons (Fsp3) is 0.440. The molecule has 0 radical (unpaired) electrons. The van der Waals surface area contributed by atoms with Gasteiger partial charge in [0.25, 0.3) is 0 Å². The standard InChI is InChI=1S/C11H15N.C8H13NO.C6H9NO/c1-4-11(12(2)3)10-8-6-5-7-9-10;1-2-9-7-5-3-4-6-8(9)10;1-2-7-5-3-4-6(7)8/h4-9,11H,1H2,2-3H3;2H,1,3-7H2;2H,1,3-5H2. The van der Waals surface area contributed by atoms with E-state index >= 15 is 0 Å². The maximum Gasteiger partial charge on any atom is 0.226 e. The molecule has 2 heterocycles. The zero-order chi connectivity index (χ0) is 22.4. The molecule has 0 saturated carbocycles. The Hall–Kier alpha value is -2.66. The Balaban J connectivity index is 0.000000230. The van der Waals surface area contributed by atoms with Crippen LogP contribution in [0.25, 0.3) is 0 Å². The van der Waals surface area contributed by atoms with Gasteiger partial charge >= 0.3 is 0 Å². The Morgan fingerprint density at radius 2 is 1.37 bits per heavy atom.